The van der Waals surface area contributed by atoms with Crippen LogP contribution in [0.25, 0.3) is 0 Å². The van der Waals surface area contributed by atoms with Crippen molar-refractivity contribution in [2.75, 3.05) is 23.0 Å². The molecule has 26 heavy (non-hydrogen) atoms. The second-order valence-corrected chi connectivity index (χ2v) is 8.67. The lowest BCUT2D eigenvalue weighted by molar-refractivity contribution is -0.116. The maximum atomic E-state index is 12.6. The number of methoxy groups -OCH3 is 1. The van der Waals surface area contributed by atoms with Crippen molar-refractivity contribution in [1.82, 2.24) is 0 Å². The molecule has 140 valence electrons. The molecule has 0 heterocycles. The number of halogens is 2. The third-order valence-corrected chi connectivity index (χ3v) is 6.08. The van der Waals surface area contributed by atoms with Crippen LogP contribution < -0.4 is 14.4 Å². The Morgan fingerprint density at radius 2 is 1.85 bits per heavy atom. The van der Waals surface area contributed by atoms with Crippen LogP contribution in [-0.4, -0.2) is 33.7 Å². The van der Waals surface area contributed by atoms with Crippen LogP contribution in [0, 0.1) is 0 Å². The van der Waals surface area contributed by atoms with Crippen LogP contribution in [0.5, 0.6) is 5.75 Å². The summed E-state index contributed by atoms with van der Waals surface area (Å²) in [7, 11) is -2.17. The molecule has 1 N–H and O–H groups in total. The molecule has 0 aromatic heterocycles. The predicted octanol–water partition coefficient (Wildman–Crippen LogP) is 3.90. The number of carbonyl (C=O) groups excluding carboxylic acids is 1. The number of benzene rings is 2. The Labute approximate surface area is 166 Å². The Kier molecular flexibility index (Phi) is 6.54. The van der Waals surface area contributed by atoms with Crippen LogP contribution in [0.1, 0.15) is 6.92 Å². The predicted molar refractivity (Wildman–Crippen MR) is 108 cm³/mol. The molecular weight excluding hydrogens is 444 g/mol. The average molecular weight is 462 g/mol. The molecule has 0 saturated heterocycles. The summed E-state index contributed by atoms with van der Waals surface area (Å²) in [5.74, 6) is 0.105. The smallest absolute Gasteiger partial charge is 0.247 e. The third kappa shape index (κ3) is 4.90. The molecule has 2 aromatic carbocycles. The van der Waals surface area contributed by atoms with E-state index in [4.69, 9.17) is 16.3 Å². The lowest BCUT2D eigenvalue weighted by atomic mass is 10.2. The topological polar surface area (TPSA) is 75.7 Å². The van der Waals surface area contributed by atoms with Crippen LogP contribution >= 0.6 is 27.5 Å². The first-order chi connectivity index (χ1) is 12.1. The molecule has 0 unspecified atom stereocenters. The van der Waals surface area contributed by atoms with Gasteiger partial charge >= 0.3 is 0 Å². The zero-order valence-electron chi connectivity index (χ0n) is 14.4. The van der Waals surface area contributed by atoms with Gasteiger partial charge in [0.15, 0.2) is 0 Å². The second kappa shape index (κ2) is 8.28. The van der Waals surface area contributed by atoms with Gasteiger partial charge in [-0.1, -0.05) is 11.6 Å². The molecule has 6 nitrogen and oxygen atoms in total. The summed E-state index contributed by atoms with van der Waals surface area (Å²) in [6, 6.07) is 10.4. The van der Waals surface area contributed by atoms with E-state index in [1.807, 2.05) is 0 Å². The largest absolute Gasteiger partial charge is 0.497 e. The normalized spacial score (nSPS) is 12.3. The maximum absolute atomic E-state index is 12.6. The van der Waals surface area contributed by atoms with E-state index in [0.717, 1.165) is 10.6 Å². The Morgan fingerprint density at radius 3 is 2.35 bits per heavy atom. The van der Waals surface area contributed by atoms with Crippen molar-refractivity contribution in [1.29, 1.82) is 0 Å². The summed E-state index contributed by atoms with van der Waals surface area (Å²) in [5, 5.41) is 3.12. The summed E-state index contributed by atoms with van der Waals surface area (Å²) in [6.45, 7) is 1.51. The zero-order valence-corrected chi connectivity index (χ0v) is 17.5. The Bertz CT molecular complexity index is 903. The quantitative estimate of drug-likeness (QED) is 0.708. The van der Waals surface area contributed by atoms with Crippen LogP contribution in [0.2, 0.25) is 5.02 Å². The Hall–Kier alpha value is -1.77. The summed E-state index contributed by atoms with van der Waals surface area (Å²) >= 11 is 9.29. The highest BCUT2D eigenvalue weighted by Crippen LogP contribution is 2.27. The first kappa shape index (κ1) is 20.5. The second-order valence-electron chi connectivity index (χ2n) is 5.55. The number of amides is 1. The number of nitrogens with one attached hydrogen (secondary N) is 1. The molecule has 0 fully saturated rings. The molecule has 0 aliphatic heterocycles. The number of sulfonamides is 1. The Balaban J connectivity index is 2.29. The van der Waals surface area contributed by atoms with Crippen molar-refractivity contribution in [2.45, 2.75) is 13.0 Å². The highest BCUT2D eigenvalue weighted by molar-refractivity contribution is 9.10. The van der Waals surface area contributed by atoms with Gasteiger partial charge in [0.25, 0.3) is 0 Å². The molecule has 0 aliphatic carbocycles. The molecule has 1 amide bonds. The molecule has 2 rings (SSSR count). The van der Waals surface area contributed by atoms with E-state index in [1.165, 1.54) is 14.0 Å². The highest BCUT2D eigenvalue weighted by atomic mass is 79.9. The number of hydrogen-bond donors (Lipinski definition) is 1. The molecular formula is C17H18BrClN2O4S. The van der Waals surface area contributed by atoms with E-state index in [-0.39, 0.29) is 0 Å². The van der Waals surface area contributed by atoms with Crippen molar-refractivity contribution in [2.24, 2.45) is 0 Å². The van der Waals surface area contributed by atoms with Gasteiger partial charge in [-0.2, -0.15) is 0 Å². The molecule has 1 atom stereocenters. The van der Waals surface area contributed by atoms with Crippen molar-refractivity contribution < 1.29 is 17.9 Å². The number of nitrogens with zero attached hydrogens (tertiary/aromatic N) is 1. The minimum absolute atomic E-state index is 0.366. The fraction of sp³-hybridized carbons (Fsp3) is 0.235. The van der Waals surface area contributed by atoms with E-state index < -0.39 is 22.0 Å². The lowest BCUT2D eigenvalue weighted by Crippen LogP contribution is -2.45. The van der Waals surface area contributed by atoms with Gasteiger partial charge in [-0.05, 0) is 65.3 Å². The lowest BCUT2D eigenvalue weighted by Gasteiger charge is -2.28. The van der Waals surface area contributed by atoms with Gasteiger partial charge in [-0.25, -0.2) is 8.42 Å². The molecule has 0 bridgehead atoms. The van der Waals surface area contributed by atoms with Crippen LogP contribution in [0.15, 0.2) is 46.9 Å². The van der Waals surface area contributed by atoms with Gasteiger partial charge < -0.3 is 10.1 Å². The van der Waals surface area contributed by atoms with Gasteiger partial charge in [-0.15, -0.1) is 0 Å². The minimum Gasteiger partial charge on any atom is -0.497 e. The first-order valence-corrected chi connectivity index (χ1v) is 10.5. The Morgan fingerprint density at radius 1 is 1.23 bits per heavy atom. The number of anilines is 2. The van der Waals surface area contributed by atoms with Crippen LogP contribution in [0.3, 0.4) is 0 Å². The van der Waals surface area contributed by atoms with Gasteiger partial charge in [0.2, 0.25) is 15.9 Å². The van der Waals surface area contributed by atoms with E-state index in [2.05, 4.69) is 21.2 Å². The number of hydrogen-bond acceptors (Lipinski definition) is 4. The number of rotatable bonds is 6. The van der Waals surface area contributed by atoms with Crippen LogP contribution in [0.4, 0.5) is 11.4 Å². The highest BCUT2D eigenvalue weighted by Gasteiger charge is 2.29. The molecule has 0 spiro atoms. The van der Waals surface area contributed by atoms with Gasteiger partial charge in [0.05, 0.1) is 24.1 Å². The average Bonchev–Trinajstić information content (AvgIpc) is 2.57. The summed E-state index contributed by atoms with van der Waals surface area (Å²) in [5.41, 5.74) is 0.836. The van der Waals surface area contributed by atoms with Crippen LogP contribution in [-0.2, 0) is 14.8 Å². The van der Waals surface area contributed by atoms with Gasteiger partial charge in [0, 0.05) is 10.2 Å². The minimum atomic E-state index is -3.69. The van der Waals surface area contributed by atoms with E-state index >= 15 is 0 Å². The summed E-state index contributed by atoms with van der Waals surface area (Å²) < 4.78 is 31.4. The van der Waals surface area contributed by atoms with Crippen molar-refractivity contribution >= 4 is 54.8 Å². The molecule has 0 aliphatic rings. The van der Waals surface area contributed by atoms with E-state index in [1.54, 1.807) is 42.5 Å². The first-order valence-electron chi connectivity index (χ1n) is 7.53. The standard InChI is InChI=1S/C17H18BrClN2O4S/c1-11(17(22)20-12-4-9-15(18)16(19)10-12)21(26(3,23)24)13-5-7-14(25-2)8-6-13/h4-11H,1-3H3,(H,20,22)/t11-/m1/s1. The van der Waals surface area contributed by atoms with Gasteiger partial charge in [0.1, 0.15) is 11.8 Å². The third-order valence-electron chi connectivity index (χ3n) is 3.60. The summed E-state index contributed by atoms with van der Waals surface area (Å²) in [4.78, 5) is 12.6. The number of carbonyl (C=O) groups is 1. The molecule has 9 heteroatoms. The van der Waals surface area contributed by atoms with Crippen molar-refractivity contribution in [3.63, 3.8) is 0 Å². The monoisotopic (exact) mass is 460 g/mol. The van der Waals surface area contributed by atoms with Crippen molar-refractivity contribution in [3.05, 3.63) is 52.0 Å². The summed E-state index contributed by atoms with van der Waals surface area (Å²) in [6.07, 6.45) is 1.05. The molecule has 0 radical (unpaired) electrons. The molecule has 2 aromatic rings. The maximum Gasteiger partial charge on any atom is 0.247 e. The zero-order chi connectivity index (χ0) is 19.5. The fourth-order valence-corrected chi connectivity index (χ4v) is 3.96. The van der Waals surface area contributed by atoms with Gasteiger partial charge in [-0.3, -0.25) is 9.10 Å². The SMILES string of the molecule is COc1ccc(N([C@H](C)C(=O)Nc2ccc(Br)c(Cl)c2)S(C)(=O)=O)cc1. The van der Waals surface area contributed by atoms with E-state index in [9.17, 15) is 13.2 Å². The number of ether oxygens (including phenoxy) is 1. The molecule has 0 saturated carbocycles. The van der Waals surface area contributed by atoms with E-state index in [0.29, 0.717) is 26.6 Å². The van der Waals surface area contributed by atoms with Crippen molar-refractivity contribution in [3.8, 4) is 5.75 Å². The fourth-order valence-electron chi connectivity index (χ4n) is 2.36.